The van der Waals surface area contributed by atoms with Gasteiger partial charge in [-0.15, -0.1) is 0 Å². The number of carbonyl (C=O) groups is 3. The highest BCUT2D eigenvalue weighted by Gasteiger charge is 2.94. The number of hydrogen-bond donors (Lipinski definition) is 2. The lowest BCUT2D eigenvalue weighted by Crippen LogP contribution is -2.85. The van der Waals surface area contributed by atoms with Crippen LogP contribution in [0.15, 0.2) is 34.7 Å². The first kappa shape index (κ1) is 29.0. The zero-order chi connectivity index (χ0) is 31.0. The van der Waals surface area contributed by atoms with Crippen LogP contribution in [0.25, 0.3) is 0 Å². The van der Waals surface area contributed by atoms with Crippen LogP contribution in [-0.4, -0.2) is 71.0 Å². The van der Waals surface area contributed by atoms with E-state index >= 15 is 0 Å². The van der Waals surface area contributed by atoms with Gasteiger partial charge >= 0.3 is 17.9 Å². The SMILES string of the molecule is C/C=C(\C)C(=O)O[C@@H]1[C@@H]2[C@H]3O[C@@]34[C@H](CC[C@@]3(C)[C@H](c5ccoc5)OC(=O)C[C@@]43O)[C@]3(C)[C@@H](CC(=O)OC)[C@]1(C)CO[C@]23O. The van der Waals surface area contributed by atoms with Gasteiger partial charge in [0.2, 0.25) is 0 Å². The molecular weight excluding hydrogens is 560 g/mol. The van der Waals surface area contributed by atoms with E-state index < -0.39 is 87.2 Å². The molecule has 7 aliphatic rings. The predicted octanol–water partition coefficient (Wildman–Crippen LogP) is 2.98. The Bertz CT molecular complexity index is 1420. The summed E-state index contributed by atoms with van der Waals surface area (Å²) in [4.78, 5) is 39.5. The Morgan fingerprint density at radius 1 is 1.21 bits per heavy atom. The molecule has 1 aromatic rings. The topological polar surface area (TPSA) is 154 Å². The first-order valence-electron chi connectivity index (χ1n) is 15.1. The fourth-order valence-electron chi connectivity index (χ4n) is 10.4. The molecule has 1 aromatic heterocycles. The van der Waals surface area contributed by atoms with Gasteiger partial charge in [0.15, 0.2) is 5.79 Å². The number of furan rings is 1. The van der Waals surface area contributed by atoms with Gasteiger partial charge in [0.1, 0.15) is 29.5 Å². The highest BCUT2D eigenvalue weighted by atomic mass is 16.7. The van der Waals surface area contributed by atoms with Gasteiger partial charge in [0.25, 0.3) is 0 Å². The van der Waals surface area contributed by atoms with Crippen LogP contribution in [0.3, 0.4) is 0 Å². The van der Waals surface area contributed by atoms with Gasteiger partial charge in [-0.25, -0.2) is 4.79 Å². The molecule has 3 saturated carbocycles. The minimum absolute atomic E-state index is 0.0490. The highest BCUT2D eigenvalue weighted by Crippen LogP contribution is 2.83. The third-order valence-corrected chi connectivity index (χ3v) is 12.8. The fourth-order valence-corrected chi connectivity index (χ4v) is 10.4. The van der Waals surface area contributed by atoms with Gasteiger partial charge in [-0.1, -0.05) is 26.8 Å². The molecule has 11 heteroatoms. The third kappa shape index (κ3) is 3.12. The van der Waals surface area contributed by atoms with Crippen molar-refractivity contribution in [3.8, 4) is 0 Å². The van der Waals surface area contributed by atoms with Gasteiger partial charge in [-0.3, -0.25) is 9.59 Å². The summed E-state index contributed by atoms with van der Waals surface area (Å²) in [6.07, 6.45) is 2.72. The number of ether oxygens (including phenoxy) is 5. The van der Waals surface area contributed by atoms with Crippen molar-refractivity contribution in [1.29, 1.82) is 0 Å². The van der Waals surface area contributed by atoms with Crippen LogP contribution in [-0.2, 0) is 38.1 Å². The molecule has 8 rings (SSSR count). The second-order valence-corrected chi connectivity index (χ2v) is 14.2. The summed E-state index contributed by atoms with van der Waals surface area (Å²) in [6, 6.07) is 1.72. The average molecular weight is 601 g/mol. The molecule has 5 heterocycles. The Hall–Kier alpha value is -2.73. The minimum Gasteiger partial charge on any atom is -0.472 e. The maximum atomic E-state index is 13.3. The molecular formula is C32H40O11. The van der Waals surface area contributed by atoms with Crippen LogP contribution in [0, 0.1) is 34.0 Å². The number of fused-ring (bicyclic) bond motifs is 2. The van der Waals surface area contributed by atoms with Crippen molar-refractivity contribution in [2.45, 2.75) is 95.6 Å². The molecule has 2 N–H and O–H groups in total. The Morgan fingerprint density at radius 2 is 1.95 bits per heavy atom. The van der Waals surface area contributed by atoms with Crippen molar-refractivity contribution < 1.29 is 52.7 Å². The van der Waals surface area contributed by atoms with E-state index in [0.717, 1.165) is 0 Å². The molecule has 4 aliphatic heterocycles. The number of epoxide rings is 1. The zero-order valence-corrected chi connectivity index (χ0v) is 25.4. The molecule has 7 fully saturated rings. The van der Waals surface area contributed by atoms with Gasteiger partial charge in [-0.2, -0.15) is 0 Å². The molecule has 0 aromatic carbocycles. The van der Waals surface area contributed by atoms with Crippen LogP contribution in [0.2, 0.25) is 0 Å². The van der Waals surface area contributed by atoms with Gasteiger partial charge in [-0.05, 0) is 38.7 Å². The summed E-state index contributed by atoms with van der Waals surface area (Å²) in [6.45, 7) is 9.17. The molecule has 4 bridgehead atoms. The van der Waals surface area contributed by atoms with E-state index in [1.807, 2.05) is 20.8 Å². The van der Waals surface area contributed by atoms with Crippen LogP contribution in [0.5, 0.6) is 0 Å². The number of hydrogen-bond acceptors (Lipinski definition) is 11. The number of cyclic esters (lactones) is 1. The average Bonchev–Trinajstić information content (AvgIpc) is 3.45. The maximum Gasteiger partial charge on any atom is 0.333 e. The number of carbonyl (C=O) groups excluding carboxylic acids is 3. The van der Waals surface area contributed by atoms with Crippen molar-refractivity contribution in [2.24, 2.45) is 34.0 Å². The molecule has 11 nitrogen and oxygen atoms in total. The van der Waals surface area contributed by atoms with E-state index in [4.69, 9.17) is 28.1 Å². The summed E-state index contributed by atoms with van der Waals surface area (Å²) < 4.78 is 35.6. The number of allylic oxidation sites excluding steroid dienone is 1. The van der Waals surface area contributed by atoms with Crippen molar-refractivity contribution in [3.63, 3.8) is 0 Å². The van der Waals surface area contributed by atoms with E-state index in [2.05, 4.69) is 0 Å². The molecule has 12 atom stereocenters. The number of methoxy groups -OCH3 is 1. The van der Waals surface area contributed by atoms with Crippen molar-refractivity contribution in [1.82, 2.24) is 0 Å². The molecule has 0 unspecified atom stereocenters. The lowest BCUT2D eigenvalue weighted by Gasteiger charge is -2.75. The lowest BCUT2D eigenvalue weighted by atomic mass is 9.34. The zero-order valence-electron chi connectivity index (χ0n) is 25.4. The largest absolute Gasteiger partial charge is 0.472 e. The van der Waals surface area contributed by atoms with Crippen molar-refractivity contribution in [3.05, 3.63) is 35.8 Å². The highest BCUT2D eigenvalue weighted by molar-refractivity contribution is 5.88. The van der Waals surface area contributed by atoms with Crippen molar-refractivity contribution in [2.75, 3.05) is 13.7 Å². The summed E-state index contributed by atoms with van der Waals surface area (Å²) in [5.74, 6) is -5.42. The number of esters is 3. The Morgan fingerprint density at radius 3 is 2.60 bits per heavy atom. The van der Waals surface area contributed by atoms with E-state index in [9.17, 15) is 24.6 Å². The standard InChI is InChI=1S/C32H40O11/c1-7-16(2)26(35)42-24-22-25-31(43-25)18(29(5)19(12-20(33)38-6)27(24,3)15-40-32(22,29)37)8-10-28(4)23(17-9-11-39-14-17)41-21(34)13-30(28,31)36/h7,9,11,14,18-19,22-25,36-37H,8,10,12-13,15H2,1-6H3/b16-7+/t18-,19+,22-,23+,24-,25-,27+,28+,29-,30+,31+,32-/m1/s1. The third-order valence-electron chi connectivity index (χ3n) is 12.8. The van der Waals surface area contributed by atoms with Gasteiger partial charge < -0.3 is 38.3 Å². The lowest BCUT2D eigenvalue weighted by molar-refractivity contribution is -0.449. The molecule has 0 radical (unpaired) electrons. The van der Waals surface area contributed by atoms with Crippen LogP contribution in [0.1, 0.15) is 72.0 Å². The van der Waals surface area contributed by atoms with Crippen LogP contribution in [0.4, 0.5) is 0 Å². The molecule has 1 spiro atoms. The number of rotatable bonds is 5. The minimum atomic E-state index is -1.85. The second-order valence-electron chi connectivity index (χ2n) is 14.2. The molecule has 4 saturated heterocycles. The monoisotopic (exact) mass is 600 g/mol. The summed E-state index contributed by atoms with van der Waals surface area (Å²) in [5.41, 5.74) is -5.01. The molecule has 43 heavy (non-hydrogen) atoms. The van der Waals surface area contributed by atoms with Crippen molar-refractivity contribution >= 4 is 17.9 Å². The smallest absolute Gasteiger partial charge is 0.333 e. The first-order valence-corrected chi connectivity index (χ1v) is 15.1. The number of aliphatic hydroxyl groups is 2. The predicted molar refractivity (Wildman–Crippen MR) is 146 cm³/mol. The van der Waals surface area contributed by atoms with E-state index in [1.54, 1.807) is 26.0 Å². The van der Waals surface area contributed by atoms with Gasteiger partial charge in [0, 0.05) is 39.7 Å². The Kier molecular flexibility index (Phi) is 5.87. The van der Waals surface area contributed by atoms with Gasteiger partial charge in [0.05, 0.1) is 38.6 Å². The van der Waals surface area contributed by atoms with E-state index in [-0.39, 0.29) is 19.4 Å². The van der Waals surface area contributed by atoms with Crippen LogP contribution >= 0.6 is 0 Å². The first-order chi connectivity index (χ1) is 20.2. The normalized spacial score (nSPS) is 51.0. The maximum absolute atomic E-state index is 13.3. The summed E-state index contributed by atoms with van der Waals surface area (Å²) in [7, 11) is 1.32. The summed E-state index contributed by atoms with van der Waals surface area (Å²) >= 11 is 0. The fraction of sp³-hybridized carbons (Fsp3) is 0.719. The van der Waals surface area contributed by atoms with Crippen LogP contribution < -0.4 is 0 Å². The second kappa shape index (κ2) is 8.71. The molecule has 3 aliphatic carbocycles. The Balaban J connectivity index is 1.42. The Labute approximate surface area is 249 Å². The quantitative estimate of drug-likeness (QED) is 0.222. The van der Waals surface area contributed by atoms with E-state index in [1.165, 1.54) is 19.6 Å². The van der Waals surface area contributed by atoms with E-state index in [0.29, 0.717) is 24.0 Å². The molecule has 0 amide bonds. The summed E-state index contributed by atoms with van der Waals surface area (Å²) in [5, 5.41) is 25.7. The molecule has 234 valence electrons.